The number of rotatable bonds is 3. The Kier molecular flexibility index (Phi) is 3.18. The van der Waals surface area contributed by atoms with Gasteiger partial charge in [-0.25, -0.2) is 0 Å². The maximum Gasteiger partial charge on any atom is 0.168 e. The standard InChI is InChI=1S/C17H14OS/c1-12-10-19-11-16(12)17(18)9-14-7-4-6-13-5-2-3-8-15(13)14/h2-8,10-11H,9H2,1H3. The Balaban J connectivity index is 1.98. The van der Waals surface area contributed by atoms with Crippen LogP contribution in [0.25, 0.3) is 10.8 Å². The number of ketones is 1. The predicted molar refractivity (Wildman–Crippen MR) is 81.0 cm³/mol. The minimum Gasteiger partial charge on any atom is -0.294 e. The van der Waals surface area contributed by atoms with E-state index in [4.69, 9.17) is 0 Å². The number of fused-ring (bicyclic) bond motifs is 1. The molecular weight excluding hydrogens is 252 g/mol. The summed E-state index contributed by atoms with van der Waals surface area (Å²) in [4.78, 5) is 12.3. The second kappa shape index (κ2) is 4.98. The van der Waals surface area contributed by atoms with Gasteiger partial charge in [0, 0.05) is 17.4 Å². The zero-order valence-electron chi connectivity index (χ0n) is 10.7. The smallest absolute Gasteiger partial charge is 0.168 e. The molecule has 0 bridgehead atoms. The summed E-state index contributed by atoms with van der Waals surface area (Å²) in [5.41, 5.74) is 3.04. The molecule has 0 unspecified atom stereocenters. The summed E-state index contributed by atoms with van der Waals surface area (Å²) in [5.74, 6) is 0.204. The zero-order valence-corrected chi connectivity index (χ0v) is 11.5. The molecule has 1 heterocycles. The van der Waals surface area contributed by atoms with E-state index in [1.54, 1.807) is 11.3 Å². The topological polar surface area (TPSA) is 17.1 Å². The van der Waals surface area contributed by atoms with Crippen molar-refractivity contribution in [2.75, 3.05) is 0 Å². The van der Waals surface area contributed by atoms with Crippen molar-refractivity contribution in [1.29, 1.82) is 0 Å². The minimum atomic E-state index is 0.204. The molecule has 0 aliphatic heterocycles. The van der Waals surface area contributed by atoms with Crippen LogP contribution in [-0.2, 0) is 6.42 Å². The van der Waals surface area contributed by atoms with Crippen LogP contribution in [0.15, 0.2) is 53.2 Å². The molecule has 0 saturated heterocycles. The maximum absolute atomic E-state index is 12.3. The molecule has 19 heavy (non-hydrogen) atoms. The van der Waals surface area contributed by atoms with E-state index < -0.39 is 0 Å². The number of Topliss-reactive ketones (excluding diaryl/α,β-unsaturated/α-hetero) is 1. The third-order valence-corrected chi connectivity index (χ3v) is 4.25. The highest BCUT2D eigenvalue weighted by molar-refractivity contribution is 7.08. The molecule has 0 radical (unpaired) electrons. The fraction of sp³-hybridized carbons (Fsp3) is 0.118. The van der Waals surface area contributed by atoms with Crippen molar-refractivity contribution in [3.63, 3.8) is 0 Å². The molecule has 0 N–H and O–H groups in total. The SMILES string of the molecule is Cc1cscc1C(=O)Cc1cccc2ccccc12. The first-order chi connectivity index (χ1) is 9.25. The van der Waals surface area contributed by atoms with Gasteiger partial charge in [0.25, 0.3) is 0 Å². The molecule has 0 aliphatic rings. The molecule has 3 rings (SSSR count). The van der Waals surface area contributed by atoms with Crippen molar-refractivity contribution in [2.24, 2.45) is 0 Å². The van der Waals surface area contributed by atoms with Gasteiger partial charge in [0.1, 0.15) is 0 Å². The number of aryl methyl sites for hydroxylation is 1. The van der Waals surface area contributed by atoms with Crippen molar-refractivity contribution in [2.45, 2.75) is 13.3 Å². The molecule has 2 heteroatoms. The Morgan fingerprint density at radius 2 is 1.84 bits per heavy atom. The Morgan fingerprint density at radius 1 is 1.05 bits per heavy atom. The van der Waals surface area contributed by atoms with Gasteiger partial charge in [-0.2, -0.15) is 11.3 Å². The number of hydrogen-bond donors (Lipinski definition) is 0. The lowest BCUT2D eigenvalue weighted by molar-refractivity contribution is 0.0993. The number of hydrogen-bond acceptors (Lipinski definition) is 2. The summed E-state index contributed by atoms with van der Waals surface area (Å²) < 4.78 is 0. The number of benzene rings is 2. The third-order valence-electron chi connectivity index (χ3n) is 3.39. The molecule has 0 fully saturated rings. The van der Waals surface area contributed by atoms with Crippen molar-refractivity contribution in [3.8, 4) is 0 Å². The predicted octanol–water partition coefficient (Wildman–Crippen LogP) is 4.64. The Hall–Kier alpha value is -1.93. The average Bonchev–Trinajstić information content (AvgIpc) is 2.85. The zero-order chi connectivity index (χ0) is 13.2. The van der Waals surface area contributed by atoms with Gasteiger partial charge in [-0.15, -0.1) is 0 Å². The highest BCUT2D eigenvalue weighted by Crippen LogP contribution is 2.22. The molecule has 3 aromatic rings. The van der Waals surface area contributed by atoms with Gasteiger partial charge < -0.3 is 0 Å². The molecule has 94 valence electrons. The van der Waals surface area contributed by atoms with Crippen molar-refractivity contribution in [1.82, 2.24) is 0 Å². The van der Waals surface area contributed by atoms with Crippen molar-refractivity contribution >= 4 is 27.9 Å². The van der Waals surface area contributed by atoms with E-state index in [0.717, 1.165) is 16.7 Å². The van der Waals surface area contributed by atoms with Crippen LogP contribution in [0.2, 0.25) is 0 Å². The van der Waals surface area contributed by atoms with E-state index >= 15 is 0 Å². The monoisotopic (exact) mass is 266 g/mol. The molecular formula is C17H14OS. The van der Waals surface area contributed by atoms with Gasteiger partial charge in [0.2, 0.25) is 0 Å². The van der Waals surface area contributed by atoms with Crippen LogP contribution in [-0.4, -0.2) is 5.78 Å². The minimum absolute atomic E-state index is 0.204. The number of thiophene rings is 1. The van der Waals surface area contributed by atoms with Gasteiger partial charge in [0.15, 0.2) is 5.78 Å². The third kappa shape index (κ3) is 2.32. The Labute approximate surface area is 116 Å². The fourth-order valence-electron chi connectivity index (χ4n) is 2.36. The maximum atomic E-state index is 12.3. The lowest BCUT2D eigenvalue weighted by atomic mass is 9.98. The van der Waals surface area contributed by atoms with Crippen LogP contribution in [0.1, 0.15) is 21.5 Å². The average molecular weight is 266 g/mol. The fourth-order valence-corrected chi connectivity index (χ4v) is 3.21. The van der Waals surface area contributed by atoms with Gasteiger partial charge in [-0.1, -0.05) is 42.5 Å². The quantitative estimate of drug-likeness (QED) is 0.631. The summed E-state index contributed by atoms with van der Waals surface area (Å²) in [6, 6.07) is 14.4. The van der Waals surface area contributed by atoms with E-state index in [1.165, 1.54) is 10.8 Å². The van der Waals surface area contributed by atoms with Crippen LogP contribution in [0, 0.1) is 6.92 Å². The molecule has 1 aromatic heterocycles. The first-order valence-corrected chi connectivity index (χ1v) is 7.22. The molecule has 1 nitrogen and oxygen atoms in total. The molecule has 0 atom stereocenters. The summed E-state index contributed by atoms with van der Waals surface area (Å²) in [5, 5.41) is 6.33. The molecule has 0 aliphatic carbocycles. The van der Waals surface area contributed by atoms with E-state index in [-0.39, 0.29) is 5.78 Å². The van der Waals surface area contributed by atoms with Gasteiger partial charge in [-0.3, -0.25) is 4.79 Å². The van der Waals surface area contributed by atoms with Crippen LogP contribution >= 0.6 is 11.3 Å². The van der Waals surface area contributed by atoms with Gasteiger partial charge in [0.05, 0.1) is 0 Å². The van der Waals surface area contributed by atoms with Gasteiger partial charge in [-0.05, 0) is 34.2 Å². The van der Waals surface area contributed by atoms with Crippen molar-refractivity contribution in [3.05, 3.63) is 69.9 Å². The van der Waals surface area contributed by atoms with Crippen LogP contribution in [0.4, 0.5) is 0 Å². The second-order valence-corrected chi connectivity index (χ2v) is 5.45. The Morgan fingerprint density at radius 3 is 2.63 bits per heavy atom. The highest BCUT2D eigenvalue weighted by Gasteiger charge is 2.12. The molecule has 0 spiro atoms. The summed E-state index contributed by atoms with van der Waals surface area (Å²) in [6.07, 6.45) is 0.471. The second-order valence-electron chi connectivity index (χ2n) is 4.71. The van der Waals surface area contributed by atoms with E-state index in [9.17, 15) is 4.79 Å². The molecule has 2 aromatic carbocycles. The first kappa shape index (κ1) is 12.1. The van der Waals surface area contributed by atoms with Crippen molar-refractivity contribution < 1.29 is 4.79 Å². The van der Waals surface area contributed by atoms with Crippen LogP contribution < -0.4 is 0 Å². The first-order valence-electron chi connectivity index (χ1n) is 6.28. The number of carbonyl (C=O) groups excluding carboxylic acids is 1. The van der Waals surface area contributed by atoms with Gasteiger partial charge >= 0.3 is 0 Å². The van der Waals surface area contributed by atoms with Crippen LogP contribution in [0.5, 0.6) is 0 Å². The van der Waals surface area contributed by atoms with E-state index in [1.807, 2.05) is 41.9 Å². The molecule has 0 saturated carbocycles. The lowest BCUT2D eigenvalue weighted by Gasteiger charge is -2.06. The van der Waals surface area contributed by atoms with Crippen LogP contribution in [0.3, 0.4) is 0 Å². The summed E-state index contributed by atoms with van der Waals surface area (Å²) in [6.45, 7) is 1.99. The number of carbonyl (C=O) groups is 1. The Bertz CT molecular complexity index is 734. The van der Waals surface area contributed by atoms with E-state index in [2.05, 4.69) is 18.2 Å². The largest absolute Gasteiger partial charge is 0.294 e. The van der Waals surface area contributed by atoms with E-state index in [0.29, 0.717) is 6.42 Å². The summed E-state index contributed by atoms with van der Waals surface area (Å²) in [7, 11) is 0. The normalized spacial score (nSPS) is 10.8. The molecule has 0 amide bonds. The summed E-state index contributed by atoms with van der Waals surface area (Å²) >= 11 is 1.59. The highest BCUT2D eigenvalue weighted by atomic mass is 32.1. The lowest BCUT2D eigenvalue weighted by Crippen LogP contribution is -2.04.